The van der Waals surface area contributed by atoms with E-state index in [9.17, 15) is 4.79 Å². The van der Waals surface area contributed by atoms with Gasteiger partial charge < -0.3 is 10.1 Å². The predicted molar refractivity (Wildman–Crippen MR) is 95.3 cm³/mol. The molecule has 3 atom stereocenters. The van der Waals surface area contributed by atoms with Gasteiger partial charge in [0.05, 0.1) is 18.7 Å². The number of hydrogen-bond donors (Lipinski definition) is 1. The van der Waals surface area contributed by atoms with E-state index in [2.05, 4.69) is 20.3 Å². The van der Waals surface area contributed by atoms with E-state index in [1.54, 1.807) is 0 Å². The number of piperidine rings is 1. The zero-order valence-electron chi connectivity index (χ0n) is 15.7. The molecule has 0 aliphatic carbocycles. The SMILES string of the molecule is Cc1nc(C)n(C[C@@H]2CCCCN2[C@H](C)C(=O)NC[C@@H]2CCCO2)n1. The molecule has 1 aromatic rings. The Morgan fingerprint density at radius 3 is 2.84 bits per heavy atom. The first-order valence-electron chi connectivity index (χ1n) is 9.57. The normalized spacial score (nSPS) is 25.9. The standard InChI is InChI=1S/C18H31N5O2/c1-13(18(24)19-11-17-8-6-10-25-17)22-9-5-4-7-16(22)12-23-15(3)20-14(2)21-23/h13,16-17H,4-12H2,1-3H3,(H,19,24)/t13-,16+,17+/m1/s1. The molecule has 1 N–H and O–H groups in total. The van der Waals surface area contributed by atoms with E-state index in [-0.39, 0.29) is 18.1 Å². The van der Waals surface area contributed by atoms with Crippen LogP contribution in [0.5, 0.6) is 0 Å². The lowest BCUT2D eigenvalue weighted by atomic mass is 9.99. The average Bonchev–Trinajstić information content (AvgIpc) is 3.22. The fourth-order valence-electron chi connectivity index (χ4n) is 3.98. The molecule has 1 aromatic heterocycles. The number of nitrogens with zero attached hydrogens (tertiary/aromatic N) is 4. The van der Waals surface area contributed by atoms with Crippen LogP contribution >= 0.6 is 0 Å². The average molecular weight is 349 g/mol. The van der Waals surface area contributed by atoms with Crippen molar-refractivity contribution in [3.8, 4) is 0 Å². The van der Waals surface area contributed by atoms with Gasteiger partial charge in [-0.3, -0.25) is 9.69 Å². The van der Waals surface area contributed by atoms with Gasteiger partial charge in [0.15, 0.2) is 0 Å². The largest absolute Gasteiger partial charge is 0.376 e. The minimum absolute atomic E-state index is 0.105. The Balaban J connectivity index is 1.58. The van der Waals surface area contributed by atoms with Crippen LogP contribution in [0.1, 0.15) is 50.7 Å². The van der Waals surface area contributed by atoms with Crippen molar-refractivity contribution in [3.05, 3.63) is 11.6 Å². The number of rotatable bonds is 6. The minimum atomic E-state index is -0.128. The Morgan fingerprint density at radius 2 is 2.16 bits per heavy atom. The highest BCUT2D eigenvalue weighted by Gasteiger charge is 2.31. The summed E-state index contributed by atoms with van der Waals surface area (Å²) in [6, 6.07) is 0.202. The Hall–Kier alpha value is -1.47. The van der Waals surface area contributed by atoms with Gasteiger partial charge in [-0.25, -0.2) is 9.67 Å². The molecule has 140 valence electrons. The molecule has 2 aliphatic rings. The lowest BCUT2D eigenvalue weighted by Gasteiger charge is -2.39. The van der Waals surface area contributed by atoms with E-state index in [0.717, 1.165) is 57.0 Å². The zero-order valence-corrected chi connectivity index (χ0v) is 15.7. The first-order valence-corrected chi connectivity index (χ1v) is 9.57. The summed E-state index contributed by atoms with van der Waals surface area (Å²) in [4.78, 5) is 19.4. The van der Waals surface area contributed by atoms with E-state index in [4.69, 9.17) is 4.74 Å². The van der Waals surface area contributed by atoms with Crippen molar-refractivity contribution >= 4 is 5.91 Å². The molecule has 0 unspecified atom stereocenters. The van der Waals surface area contributed by atoms with Crippen molar-refractivity contribution in [1.82, 2.24) is 25.0 Å². The molecule has 0 saturated carbocycles. The summed E-state index contributed by atoms with van der Waals surface area (Å²) in [6.07, 6.45) is 5.79. The molecule has 1 amide bonds. The predicted octanol–water partition coefficient (Wildman–Crippen LogP) is 1.43. The third-order valence-electron chi connectivity index (χ3n) is 5.42. The minimum Gasteiger partial charge on any atom is -0.376 e. The number of aryl methyl sites for hydroxylation is 2. The van der Waals surface area contributed by atoms with Crippen LogP contribution in [0.4, 0.5) is 0 Å². The van der Waals surface area contributed by atoms with Crippen LogP contribution in [0, 0.1) is 13.8 Å². The van der Waals surface area contributed by atoms with E-state index < -0.39 is 0 Å². The Labute approximate surface area is 150 Å². The molecule has 7 heteroatoms. The van der Waals surface area contributed by atoms with Crippen molar-refractivity contribution in [2.45, 2.75) is 77.6 Å². The lowest BCUT2D eigenvalue weighted by Crippen LogP contribution is -2.53. The Morgan fingerprint density at radius 1 is 1.32 bits per heavy atom. The number of carbonyl (C=O) groups excluding carboxylic acids is 1. The quantitative estimate of drug-likeness (QED) is 0.841. The number of nitrogens with one attached hydrogen (secondary N) is 1. The third-order valence-corrected chi connectivity index (χ3v) is 5.42. The number of likely N-dealkylation sites (tertiary alicyclic amines) is 1. The second-order valence-electron chi connectivity index (χ2n) is 7.33. The highest BCUT2D eigenvalue weighted by Crippen LogP contribution is 2.21. The van der Waals surface area contributed by atoms with Gasteiger partial charge in [-0.1, -0.05) is 6.42 Å². The maximum Gasteiger partial charge on any atom is 0.237 e. The van der Waals surface area contributed by atoms with Crippen molar-refractivity contribution in [2.75, 3.05) is 19.7 Å². The van der Waals surface area contributed by atoms with E-state index in [0.29, 0.717) is 12.6 Å². The van der Waals surface area contributed by atoms with Gasteiger partial charge in [-0.05, 0) is 53.0 Å². The first kappa shape index (κ1) is 18.3. The number of amides is 1. The van der Waals surface area contributed by atoms with Crippen LogP contribution in [0.3, 0.4) is 0 Å². The van der Waals surface area contributed by atoms with Crippen LogP contribution in [-0.2, 0) is 16.1 Å². The molecule has 3 heterocycles. The summed E-state index contributed by atoms with van der Waals surface area (Å²) in [5.41, 5.74) is 0. The molecule has 0 aromatic carbocycles. The highest BCUT2D eigenvalue weighted by atomic mass is 16.5. The summed E-state index contributed by atoms with van der Waals surface area (Å²) < 4.78 is 7.58. The van der Waals surface area contributed by atoms with Gasteiger partial charge in [-0.15, -0.1) is 0 Å². The van der Waals surface area contributed by atoms with E-state index >= 15 is 0 Å². The van der Waals surface area contributed by atoms with Crippen LogP contribution < -0.4 is 5.32 Å². The second-order valence-corrected chi connectivity index (χ2v) is 7.33. The monoisotopic (exact) mass is 349 g/mol. The summed E-state index contributed by atoms with van der Waals surface area (Å²) in [5, 5.41) is 7.57. The zero-order chi connectivity index (χ0) is 17.8. The number of carbonyl (C=O) groups is 1. The van der Waals surface area contributed by atoms with Crippen LogP contribution in [0.15, 0.2) is 0 Å². The van der Waals surface area contributed by atoms with Crippen LogP contribution in [0.25, 0.3) is 0 Å². The fourth-order valence-corrected chi connectivity index (χ4v) is 3.98. The molecule has 7 nitrogen and oxygen atoms in total. The number of hydrogen-bond acceptors (Lipinski definition) is 5. The van der Waals surface area contributed by atoms with Gasteiger partial charge in [-0.2, -0.15) is 5.10 Å². The fraction of sp³-hybridized carbons (Fsp3) is 0.833. The molecule has 25 heavy (non-hydrogen) atoms. The van der Waals surface area contributed by atoms with Gasteiger partial charge in [0.2, 0.25) is 5.91 Å². The molecule has 0 bridgehead atoms. The van der Waals surface area contributed by atoms with Crippen molar-refractivity contribution < 1.29 is 9.53 Å². The van der Waals surface area contributed by atoms with Crippen molar-refractivity contribution in [3.63, 3.8) is 0 Å². The summed E-state index contributed by atoms with van der Waals surface area (Å²) in [6.45, 7) is 9.14. The summed E-state index contributed by atoms with van der Waals surface area (Å²) >= 11 is 0. The molecular formula is C18H31N5O2. The number of ether oxygens (including phenoxy) is 1. The molecule has 2 saturated heterocycles. The third kappa shape index (κ3) is 4.58. The molecule has 2 aliphatic heterocycles. The topological polar surface area (TPSA) is 72.3 Å². The number of aromatic nitrogens is 3. The van der Waals surface area contributed by atoms with Gasteiger partial charge in [0.1, 0.15) is 11.6 Å². The first-order chi connectivity index (χ1) is 12.0. The molecule has 2 fully saturated rings. The van der Waals surface area contributed by atoms with E-state index in [1.165, 1.54) is 6.42 Å². The van der Waals surface area contributed by atoms with Gasteiger partial charge in [0, 0.05) is 19.2 Å². The van der Waals surface area contributed by atoms with Crippen molar-refractivity contribution in [2.24, 2.45) is 0 Å². The van der Waals surface area contributed by atoms with Crippen LogP contribution in [-0.4, -0.2) is 63.5 Å². The van der Waals surface area contributed by atoms with Gasteiger partial charge in [0.25, 0.3) is 0 Å². The van der Waals surface area contributed by atoms with Gasteiger partial charge >= 0.3 is 0 Å². The highest BCUT2D eigenvalue weighted by molar-refractivity contribution is 5.81. The van der Waals surface area contributed by atoms with E-state index in [1.807, 2.05) is 25.5 Å². The Bertz CT molecular complexity index is 582. The van der Waals surface area contributed by atoms with Crippen LogP contribution in [0.2, 0.25) is 0 Å². The smallest absolute Gasteiger partial charge is 0.237 e. The molecule has 0 spiro atoms. The summed E-state index contributed by atoms with van der Waals surface area (Å²) in [5.74, 6) is 1.86. The maximum atomic E-state index is 12.6. The molecular weight excluding hydrogens is 318 g/mol. The van der Waals surface area contributed by atoms with Crippen molar-refractivity contribution in [1.29, 1.82) is 0 Å². The molecule has 0 radical (unpaired) electrons. The second kappa shape index (κ2) is 8.27. The molecule has 3 rings (SSSR count). The Kier molecular flexibility index (Phi) is 6.06. The summed E-state index contributed by atoms with van der Waals surface area (Å²) in [7, 11) is 0. The lowest BCUT2D eigenvalue weighted by molar-refractivity contribution is -0.128. The maximum absolute atomic E-state index is 12.6.